The molecule has 2 N–H and O–H groups in total. The molecule has 0 saturated heterocycles. The lowest BCUT2D eigenvalue weighted by Gasteiger charge is -2.07. The van der Waals surface area contributed by atoms with Crippen molar-refractivity contribution < 1.29 is 0 Å². The molecule has 0 amide bonds. The van der Waals surface area contributed by atoms with Gasteiger partial charge in [-0.25, -0.2) is 0 Å². The monoisotopic (exact) mass is 193 g/mol. The van der Waals surface area contributed by atoms with Crippen LogP contribution < -0.4 is 5.73 Å². The van der Waals surface area contributed by atoms with E-state index in [1.54, 1.807) is 4.88 Å². The Balaban J connectivity index is 2.28. The van der Waals surface area contributed by atoms with E-state index in [-0.39, 0.29) is 6.04 Å². The molecule has 1 nitrogen and oxygen atoms in total. The quantitative estimate of drug-likeness (QED) is 0.718. The fourth-order valence-corrected chi connectivity index (χ4v) is 3.10. The number of hydrogen-bond donors (Lipinski definition) is 1. The largest absolute Gasteiger partial charge is 0.320 e. The Labute approximate surface area is 83.3 Å². The van der Waals surface area contributed by atoms with E-state index in [9.17, 15) is 0 Å². The molecule has 13 heavy (non-hydrogen) atoms. The number of thiophene rings is 1. The Kier molecular flexibility index (Phi) is 2.26. The second kappa shape index (κ2) is 3.28. The first-order valence-corrected chi connectivity index (χ1v) is 5.52. The zero-order valence-corrected chi connectivity index (χ0v) is 8.79. The van der Waals surface area contributed by atoms with Gasteiger partial charge in [0.15, 0.2) is 0 Å². The van der Waals surface area contributed by atoms with Gasteiger partial charge in [0, 0.05) is 9.75 Å². The maximum absolute atomic E-state index is 6.01. The number of aryl methyl sites for hydroxylation is 2. The van der Waals surface area contributed by atoms with Gasteiger partial charge in [-0.1, -0.05) is 12.2 Å². The highest BCUT2D eigenvalue weighted by atomic mass is 32.1. The molecule has 1 aromatic heterocycles. The van der Waals surface area contributed by atoms with Crippen LogP contribution in [-0.4, -0.2) is 0 Å². The molecule has 0 aliphatic heterocycles. The molecule has 1 aliphatic rings. The zero-order chi connectivity index (χ0) is 9.42. The van der Waals surface area contributed by atoms with Crippen molar-refractivity contribution in [3.05, 3.63) is 33.5 Å². The van der Waals surface area contributed by atoms with E-state index in [0.29, 0.717) is 0 Å². The summed E-state index contributed by atoms with van der Waals surface area (Å²) in [7, 11) is 0. The van der Waals surface area contributed by atoms with Crippen LogP contribution in [0, 0.1) is 0 Å². The Morgan fingerprint density at radius 2 is 2.38 bits per heavy atom. The first-order valence-electron chi connectivity index (χ1n) is 4.71. The van der Waals surface area contributed by atoms with Crippen LogP contribution in [0.4, 0.5) is 0 Å². The Hall–Kier alpha value is -0.600. The molecule has 1 unspecified atom stereocenters. The van der Waals surface area contributed by atoms with Gasteiger partial charge in [-0.15, -0.1) is 11.3 Å². The highest BCUT2D eigenvalue weighted by Gasteiger charge is 2.17. The molecule has 0 spiro atoms. The number of rotatable bonds is 2. The van der Waals surface area contributed by atoms with Crippen molar-refractivity contribution in [3.63, 3.8) is 0 Å². The van der Waals surface area contributed by atoms with Crippen molar-refractivity contribution in [2.75, 3.05) is 0 Å². The summed E-state index contributed by atoms with van der Waals surface area (Å²) in [5, 5.41) is 0. The van der Waals surface area contributed by atoms with Crippen molar-refractivity contribution in [2.24, 2.45) is 5.73 Å². The summed E-state index contributed by atoms with van der Waals surface area (Å²) in [4.78, 5) is 2.84. The molecule has 1 aliphatic carbocycles. The maximum atomic E-state index is 6.01. The SMILES string of the molecule is C=C(C)C(N)c1cc2c(s1)CCC2. The van der Waals surface area contributed by atoms with Crippen molar-refractivity contribution >= 4 is 11.3 Å². The van der Waals surface area contributed by atoms with Gasteiger partial charge < -0.3 is 5.73 Å². The fraction of sp³-hybridized carbons (Fsp3) is 0.455. The third kappa shape index (κ3) is 1.56. The molecule has 0 fully saturated rings. The van der Waals surface area contributed by atoms with E-state index in [2.05, 4.69) is 12.6 Å². The van der Waals surface area contributed by atoms with Crippen LogP contribution in [0.5, 0.6) is 0 Å². The fourth-order valence-electron chi connectivity index (χ4n) is 1.75. The summed E-state index contributed by atoms with van der Waals surface area (Å²) in [5.74, 6) is 0. The molecule has 0 saturated carbocycles. The van der Waals surface area contributed by atoms with E-state index in [1.807, 2.05) is 18.3 Å². The summed E-state index contributed by atoms with van der Waals surface area (Å²) >= 11 is 1.87. The second-order valence-corrected chi connectivity index (χ2v) is 4.94. The molecule has 1 heterocycles. The standard InChI is InChI=1S/C11H15NS/c1-7(2)11(12)10-6-8-4-3-5-9(8)13-10/h6,11H,1,3-5,12H2,2H3. The molecule has 1 aromatic rings. The van der Waals surface area contributed by atoms with Crippen LogP contribution in [0.15, 0.2) is 18.2 Å². The first kappa shape index (κ1) is 8.97. The maximum Gasteiger partial charge on any atom is 0.0600 e. The highest BCUT2D eigenvalue weighted by molar-refractivity contribution is 7.12. The van der Waals surface area contributed by atoms with Crippen LogP contribution in [-0.2, 0) is 12.8 Å². The third-order valence-corrected chi connectivity index (χ3v) is 3.92. The van der Waals surface area contributed by atoms with E-state index in [1.165, 1.54) is 29.7 Å². The van der Waals surface area contributed by atoms with Gasteiger partial charge in [0.1, 0.15) is 0 Å². The van der Waals surface area contributed by atoms with E-state index >= 15 is 0 Å². The van der Waals surface area contributed by atoms with Crippen molar-refractivity contribution in [1.82, 2.24) is 0 Å². The Morgan fingerprint density at radius 3 is 3.00 bits per heavy atom. The molecule has 70 valence electrons. The van der Waals surface area contributed by atoms with Crippen molar-refractivity contribution in [2.45, 2.75) is 32.2 Å². The average molecular weight is 193 g/mol. The number of nitrogens with two attached hydrogens (primary N) is 1. The summed E-state index contributed by atoms with van der Waals surface area (Å²) in [6.45, 7) is 5.89. The van der Waals surface area contributed by atoms with Crippen molar-refractivity contribution in [1.29, 1.82) is 0 Å². The van der Waals surface area contributed by atoms with Crippen LogP contribution in [0.2, 0.25) is 0 Å². The van der Waals surface area contributed by atoms with Gasteiger partial charge >= 0.3 is 0 Å². The lowest BCUT2D eigenvalue weighted by atomic mass is 10.1. The smallest absolute Gasteiger partial charge is 0.0600 e. The lowest BCUT2D eigenvalue weighted by molar-refractivity contribution is 0.864. The number of hydrogen-bond acceptors (Lipinski definition) is 2. The van der Waals surface area contributed by atoms with Gasteiger partial charge in [0.05, 0.1) is 6.04 Å². The van der Waals surface area contributed by atoms with Gasteiger partial charge in [0.25, 0.3) is 0 Å². The predicted molar refractivity (Wildman–Crippen MR) is 58.1 cm³/mol. The first-order chi connectivity index (χ1) is 6.18. The van der Waals surface area contributed by atoms with Gasteiger partial charge in [0.2, 0.25) is 0 Å². The van der Waals surface area contributed by atoms with Crippen LogP contribution >= 0.6 is 11.3 Å². The van der Waals surface area contributed by atoms with Crippen LogP contribution in [0.25, 0.3) is 0 Å². The molecule has 0 bridgehead atoms. The summed E-state index contributed by atoms with van der Waals surface area (Å²) < 4.78 is 0. The Bertz CT molecular complexity index is 316. The summed E-state index contributed by atoms with van der Waals surface area (Å²) in [6.07, 6.45) is 3.82. The topological polar surface area (TPSA) is 26.0 Å². The summed E-state index contributed by atoms with van der Waals surface area (Å²) in [6, 6.07) is 2.32. The Morgan fingerprint density at radius 1 is 1.62 bits per heavy atom. The van der Waals surface area contributed by atoms with Gasteiger partial charge in [-0.05, 0) is 37.8 Å². The highest BCUT2D eigenvalue weighted by Crippen LogP contribution is 2.34. The number of fused-ring (bicyclic) bond motifs is 1. The molecule has 2 heteroatoms. The minimum atomic E-state index is 0.0515. The van der Waals surface area contributed by atoms with Gasteiger partial charge in [-0.3, -0.25) is 0 Å². The molecule has 0 aromatic carbocycles. The van der Waals surface area contributed by atoms with Crippen molar-refractivity contribution in [3.8, 4) is 0 Å². The molecular formula is C11H15NS. The van der Waals surface area contributed by atoms with Gasteiger partial charge in [-0.2, -0.15) is 0 Å². The predicted octanol–water partition coefficient (Wildman–Crippen LogP) is 2.81. The lowest BCUT2D eigenvalue weighted by Crippen LogP contribution is -2.08. The molecule has 2 rings (SSSR count). The third-order valence-electron chi connectivity index (χ3n) is 2.60. The average Bonchev–Trinajstić information content (AvgIpc) is 2.59. The van der Waals surface area contributed by atoms with Crippen LogP contribution in [0.3, 0.4) is 0 Å². The molecule has 1 atom stereocenters. The van der Waals surface area contributed by atoms with E-state index in [0.717, 1.165) is 5.57 Å². The second-order valence-electron chi connectivity index (χ2n) is 3.77. The molecular weight excluding hydrogens is 178 g/mol. The summed E-state index contributed by atoms with van der Waals surface area (Å²) in [5.41, 5.74) is 8.59. The minimum Gasteiger partial charge on any atom is -0.320 e. The van der Waals surface area contributed by atoms with Crippen LogP contribution in [0.1, 0.15) is 34.7 Å². The normalized spacial score (nSPS) is 17.1. The molecule has 0 radical (unpaired) electrons. The minimum absolute atomic E-state index is 0.0515. The zero-order valence-electron chi connectivity index (χ0n) is 7.97. The van der Waals surface area contributed by atoms with E-state index in [4.69, 9.17) is 5.73 Å². The van der Waals surface area contributed by atoms with E-state index < -0.39 is 0 Å².